The van der Waals surface area contributed by atoms with E-state index in [4.69, 9.17) is 33.4 Å². The third kappa shape index (κ3) is 13.2. The van der Waals surface area contributed by atoms with Crippen molar-refractivity contribution in [3.63, 3.8) is 0 Å². The van der Waals surface area contributed by atoms with Gasteiger partial charge in [-0.2, -0.15) is 13.2 Å². The number of nitrogens with one attached hydrogen (secondary N) is 1. The third-order valence-corrected chi connectivity index (χ3v) is 11.6. The molecule has 350 valence electrons. The SMILES string of the molecule is CCC(COc1ccc2nc(-c3ccc(N(C)C(=O)C(F)(F)F)cc3)ccc2c1)OC1CCCCO1.CCC(COc1ccc2nc(-c3ccc(NC)cc3)ccc2c1)OC1CCCCO1. The van der Waals surface area contributed by atoms with Crippen LogP contribution in [0.15, 0.2) is 109 Å². The summed E-state index contributed by atoms with van der Waals surface area (Å²) in [5, 5.41) is 5.10. The van der Waals surface area contributed by atoms with E-state index in [-0.39, 0.29) is 30.5 Å². The van der Waals surface area contributed by atoms with Crippen LogP contribution >= 0.6 is 0 Å². The summed E-state index contributed by atoms with van der Waals surface area (Å²) in [4.78, 5) is 21.5. The normalized spacial score (nSPS) is 17.3. The average Bonchev–Trinajstić information content (AvgIpc) is 3.36. The van der Waals surface area contributed by atoms with E-state index in [9.17, 15) is 18.0 Å². The largest absolute Gasteiger partial charge is 0.491 e. The second kappa shape index (κ2) is 23.1. The van der Waals surface area contributed by atoms with Gasteiger partial charge in [0.2, 0.25) is 0 Å². The van der Waals surface area contributed by atoms with E-state index in [0.717, 1.165) is 115 Å². The summed E-state index contributed by atoms with van der Waals surface area (Å²) >= 11 is 0. The molecule has 1 N–H and O–H groups in total. The number of ether oxygens (including phenoxy) is 6. The molecule has 0 saturated carbocycles. The van der Waals surface area contributed by atoms with Crippen molar-refractivity contribution in [2.45, 2.75) is 96.2 Å². The van der Waals surface area contributed by atoms with Crippen molar-refractivity contribution in [1.82, 2.24) is 9.97 Å². The zero-order valence-electron chi connectivity index (χ0n) is 38.0. The van der Waals surface area contributed by atoms with Crippen molar-refractivity contribution < 1.29 is 46.4 Å². The van der Waals surface area contributed by atoms with Crippen LogP contribution in [-0.2, 0) is 23.7 Å². The Kier molecular flexibility index (Phi) is 16.8. The maximum Gasteiger partial charge on any atom is 0.471 e. The van der Waals surface area contributed by atoms with Gasteiger partial charge in [-0.15, -0.1) is 0 Å². The standard InChI is InChI=1S/C27H29F3N2O4.C25H30N2O3/c1-3-21(36-25-6-4-5-15-34-25)17-35-22-12-14-24-19(16-22)9-13-23(31-24)18-7-10-20(11-8-18)32(2)26(33)27(28,29)30;1-3-21(30-25-6-4-5-15-28-25)17-29-22-12-14-24-19(16-22)9-13-23(27-24)18-7-10-20(26-2)11-8-18/h7-14,16,21,25H,3-6,15,17H2,1-2H3;7-14,16,21,25-26H,3-6,15,17H2,1-2H3. The number of anilines is 2. The minimum atomic E-state index is -4.93. The minimum absolute atomic E-state index is 0.0323. The average molecular weight is 909 g/mol. The summed E-state index contributed by atoms with van der Waals surface area (Å²) < 4.78 is 73.5. The summed E-state index contributed by atoms with van der Waals surface area (Å²) in [5.41, 5.74) is 6.40. The molecule has 14 heteroatoms. The molecule has 0 radical (unpaired) electrons. The Morgan fingerprint density at radius 2 is 1.15 bits per heavy atom. The van der Waals surface area contributed by atoms with Gasteiger partial charge in [0, 0.05) is 60.6 Å². The van der Waals surface area contributed by atoms with Crippen LogP contribution < -0.4 is 19.7 Å². The number of amides is 1. The van der Waals surface area contributed by atoms with Gasteiger partial charge in [0.1, 0.15) is 24.7 Å². The summed E-state index contributed by atoms with van der Waals surface area (Å²) in [6, 6.07) is 34.1. The molecule has 4 unspecified atom stereocenters. The molecule has 2 aromatic heterocycles. The zero-order valence-corrected chi connectivity index (χ0v) is 38.0. The molecule has 0 bridgehead atoms. The van der Waals surface area contributed by atoms with E-state index in [1.54, 1.807) is 12.1 Å². The molecular formula is C52H59F3N4O7. The molecule has 11 nitrogen and oxygen atoms in total. The molecule has 0 aliphatic carbocycles. The third-order valence-electron chi connectivity index (χ3n) is 11.6. The fraction of sp³-hybridized carbons (Fsp3) is 0.404. The van der Waals surface area contributed by atoms with Gasteiger partial charge in [-0.1, -0.05) is 50.2 Å². The number of rotatable bonds is 16. The van der Waals surface area contributed by atoms with Crippen molar-refractivity contribution in [3.8, 4) is 34.0 Å². The van der Waals surface area contributed by atoms with E-state index < -0.39 is 12.1 Å². The first-order valence-corrected chi connectivity index (χ1v) is 22.8. The zero-order chi connectivity index (χ0) is 46.5. The van der Waals surface area contributed by atoms with E-state index >= 15 is 0 Å². The molecule has 2 aliphatic rings. The Labute approximate surface area is 384 Å². The first-order chi connectivity index (χ1) is 32.0. The Morgan fingerprint density at radius 3 is 1.56 bits per heavy atom. The smallest absolute Gasteiger partial charge is 0.471 e. The van der Waals surface area contributed by atoms with Crippen LogP contribution in [0, 0.1) is 0 Å². The summed E-state index contributed by atoms with van der Waals surface area (Å²) in [6.45, 7) is 6.64. The first-order valence-electron chi connectivity index (χ1n) is 22.8. The predicted octanol–water partition coefficient (Wildman–Crippen LogP) is 11.8. The molecule has 8 rings (SSSR count). The van der Waals surface area contributed by atoms with Crippen molar-refractivity contribution >= 4 is 39.1 Å². The van der Waals surface area contributed by atoms with Gasteiger partial charge in [0.15, 0.2) is 12.6 Å². The number of carbonyl (C=O) groups is 1. The van der Waals surface area contributed by atoms with Crippen molar-refractivity contribution in [2.75, 3.05) is 50.7 Å². The van der Waals surface area contributed by atoms with Crippen molar-refractivity contribution in [2.24, 2.45) is 0 Å². The second-order valence-electron chi connectivity index (χ2n) is 16.4. The van der Waals surface area contributed by atoms with Gasteiger partial charge >= 0.3 is 12.1 Å². The molecule has 0 spiro atoms. The maximum absolute atomic E-state index is 12.7. The van der Waals surface area contributed by atoms with Crippen LogP contribution in [0.25, 0.3) is 44.3 Å². The van der Waals surface area contributed by atoms with Gasteiger partial charge in [-0.25, -0.2) is 9.97 Å². The van der Waals surface area contributed by atoms with E-state index in [1.165, 1.54) is 18.6 Å². The highest BCUT2D eigenvalue weighted by atomic mass is 19.4. The van der Waals surface area contributed by atoms with E-state index in [0.29, 0.717) is 29.6 Å². The van der Waals surface area contributed by atoms with Gasteiger partial charge < -0.3 is 38.6 Å². The number of benzene rings is 4. The number of halogens is 3. The number of carbonyl (C=O) groups excluding carboxylic acids is 1. The summed E-state index contributed by atoms with van der Waals surface area (Å²) in [5.74, 6) is -0.372. The monoisotopic (exact) mass is 908 g/mol. The first kappa shape index (κ1) is 48.1. The molecule has 2 fully saturated rings. The number of alkyl halides is 3. The van der Waals surface area contributed by atoms with Crippen LogP contribution in [0.5, 0.6) is 11.5 Å². The lowest BCUT2D eigenvalue weighted by atomic mass is 10.1. The fourth-order valence-electron chi connectivity index (χ4n) is 7.63. The summed E-state index contributed by atoms with van der Waals surface area (Å²) in [7, 11) is 3.01. The molecule has 2 saturated heterocycles. The van der Waals surface area contributed by atoms with Crippen LogP contribution in [0.2, 0.25) is 0 Å². The quantitative estimate of drug-likeness (QED) is 0.101. The minimum Gasteiger partial charge on any atom is -0.491 e. The predicted molar refractivity (Wildman–Crippen MR) is 252 cm³/mol. The van der Waals surface area contributed by atoms with Gasteiger partial charge in [0.25, 0.3) is 0 Å². The Bertz CT molecular complexity index is 2480. The molecule has 1 amide bonds. The van der Waals surface area contributed by atoms with Gasteiger partial charge in [-0.3, -0.25) is 4.79 Å². The van der Waals surface area contributed by atoms with E-state index in [1.807, 2.05) is 55.6 Å². The number of aromatic nitrogens is 2. The molecule has 4 heterocycles. The Hall–Kier alpha value is -5.80. The van der Waals surface area contributed by atoms with Crippen molar-refractivity contribution in [3.05, 3.63) is 109 Å². The Balaban J connectivity index is 0.000000199. The van der Waals surface area contributed by atoms with Gasteiger partial charge in [0.05, 0.1) is 34.6 Å². The maximum atomic E-state index is 12.7. The number of hydrogen-bond acceptors (Lipinski definition) is 10. The second-order valence-corrected chi connectivity index (χ2v) is 16.4. The fourth-order valence-corrected chi connectivity index (χ4v) is 7.63. The molecule has 4 atom stereocenters. The highest BCUT2D eigenvalue weighted by Crippen LogP contribution is 2.29. The van der Waals surface area contributed by atoms with Crippen LogP contribution in [0.1, 0.15) is 65.2 Å². The number of hydrogen-bond donors (Lipinski definition) is 1. The highest BCUT2D eigenvalue weighted by molar-refractivity contribution is 5.97. The molecular weight excluding hydrogens is 850 g/mol. The molecule has 66 heavy (non-hydrogen) atoms. The lowest BCUT2D eigenvalue weighted by Crippen LogP contribution is -2.38. The van der Waals surface area contributed by atoms with Gasteiger partial charge in [-0.05, 0) is 124 Å². The number of fused-ring (bicyclic) bond motifs is 2. The van der Waals surface area contributed by atoms with Crippen LogP contribution in [0.3, 0.4) is 0 Å². The lowest BCUT2D eigenvalue weighted by Gasteiger charge is -2.27. The summed E-state index contributed by atoms with van der Waals surface area (Å²) in [6.07, 6.45) is 2.87. The van der Waals surface area contributed by atoms with E-state index in [2.05, 4.69) is 60.5 Å². The molecule has 2 aliphatic heterocycles. The number of nitrogens with zero attached hydrogens (tertiary/aromatic N) is 3. The van der Waals surface area contributed by atoms with Crippen LogP contribution in [-0.4, -0.2) is 87.4 Å². The lowest BCUT2D eigenvalue weighted by molar-refractivity contribution is -0.193. The van der Waals surface area contributed by atoms with Crippen LogP contribution in [0.4, 0.5) is 24.5 Å². The number of pyridine rings is 2. The highest BCUT2D eigenvalue weighted by Gasteiger charge is 2.41. The molecule has 4 aromatic carbocycles. The topological polar surface area (TPSA) is 114 Å². The molecule has 6 aromatic rings. The van der Waals surface area contributed by atoms with Crippen molar-refractivity contribution in [1.29, 1.82) is 0 Å². The Morgan fingerprint density at radius 1 is 0.682 bits per heavy atom.